The summed E-state index contributed by atoms with van der Waals surface area (Å²) in [4.78, 5) is 20.3. The van der Waals surface area contributed by atoms with Crippen LogP contribution in [0.5, 0.6) is 5.75 Å². The molecule has 0 unspecified atom stereocenters. The molecule has 2 aromatic carbocycles. The third-order valence-electron chi connectivity index (χ3n) is 4.41. The Bertz CT molecular complexity index is 1130. The van der Waals surface area contributed by atoms with Gasteiger partial charge in [-0.25, -0.2) is 9.37 Å². The minimum Gasteiger partial charge on any atom is -0.494 e. The maximum atomic E-state index is 13.1. The van der Waals surface area contributed by atoms with Gasteiger partial charge < -0.3 is 9.15 Å². The van der Waals surface area contributed by atoms with E-state index in [1.165, 1.54) is 35.2 Å². The molecule has 0 aliphatic rings. The molecule has 0 N–H and O–H groups in total. The van der Waals surface area contributed by atoms with Crippen LogP contribution >= 0.6 is 23.1 Å². The summed E-state index contributed by atoms with van der Waals surface area (Å²) >= 11 is 2.95. The van der Waals surface area contributed by atoms with Gasteiger partial charge in [0.15, 0.2) is 5.13 Å². The number of nitrogens with zero attached hydrogens (tertiary/aromatic N) is 2. The van der Waals surface area contributed by atoms with E-state index in [0.717, 1.165) is 15.1 Å². The second-order valence-electron chi connectivity index (χ2n) is 6.42. The van der Waals surface area contributed by atoms with E-state index in [1.807, 2.05) is 24.3 Å². The van der Waals surface area contributed by atoms with Gasteiger partial charge in [0.05, 0.1) is 24.6 Å². The number of methoxy groups -OCH3 is 1. The Kier molecular flexibility index (Phi) is 6.35. The quantitative estimate of drug-likeness (QED) is 0.325. The van der Waals surface area contributed by atoms with Crippen molar-refractivity contribution in [3.05, 3.63) is 72.4 Å². The first kappa shape index (κ1) is 20.4. The molecular formula is C22H19FN2O3S2. The Labute approximate surface area is 181 Å². The number of amides is 1. The van der Waals surface area contributed by atoms with Crippen molar-refractivity contribution in [3.8, 4) is 5.75 Å². The molecule has 0 fully saturated rings. The van der Waals surface area contributed by atoms with Crippen LogP contribution in [0.25, 0.3) is 10.2 Å². The summed E-state index contributed by atoms with van der Waals surface area (Å²) in [6, 6.07) is 15.6. The number of furan rings is 1. The molecule has 0 radical (unpaired) electrons. The lowest BCUT2D eigenvalue weighted by Gasteiger charge is -2.18. The molecular weight excluding hydrogens is 423 g/mol. The van der Waals surface area contributed by atoms with Crippen LogP contribution in [0.2, 0.25) is 0 Å². The first-order valence-corrected chi connectivity index (χ1v) is 11.1. The highest BCUT2D eigenvalue weighted by Gasteiger charge is 2.22. The van der Waals surface area contributed by atoms with Gasteiger partial charge in [-0.3, -0.25) is 9.69 Å². The summed E-state index contributed by atoms with van der Waals surface area (Å²) in [5.74, 6) is 1.60. The highest BCUT2D eigenvalue weighted by atomic mass is 32.2. The average Bonchev–Trinajstić information content (AvgIpc) is 3.42. The predicted molar refractivity (Wildman–Crippen MR) is 118 cm³/mol. The van der Waals surface area contributed by atoms with Gasteiger partial charge in [0, 0.05) is 17.1 Å². The van der Waals surface area contributed by atoms with E-state index in [1.54, 1.807) is 36.5 Å². The van der Waals surface area contributed by atoms with E-state index in [-0.39, 0.29) is 11.7 Å². The highest BCUT2D eigenvalue weighted by Crippen LogP contribution is 2.35. The van der Waals surface area contributed by atoms with Crippen LogP contribution in [0, 0.1) is 5.82 Å². The van der Waals surface area contributed by atoms with E-state index in [0.29, 0.717) is 35.4 Å². The Morgan fingerprint density at radius 3 is 2.77 bits per heavy atom. The zero-order chi connectivity index (χ0) is 20.9. The van der Waals surface area contributed by atoms with Crippen LogP contribution in [-0.4, -0.2) is 23.8 Å². The molecule has 8 heteroatoms. The molecule has 1 amide bonds. The monoisotopic (exact) mass is 442 g/mol. The topological polar surface area (TPSA) is 55.6 Å². The number of thioether (sulfide) groups is 1. The van der Waals surface area contributed by atoms with Crippen molar-refractivity contribution in [2.24, 2.45) is 0 Å². The number of halogens is 1. The van der Waals surface area contributed by atoms with E-state index < -0.39 is 0 Å². The minimum absolute atomic E-state index is 0.0564. The van der Waals surface area contributed by atoms with Gasteiger partial charge in [-0.15, -0.1) is 11.8 Å². The standard InChI is InChI=1S/C22H19FN2O3S2/c1-27-18-5-2-6-19-21(18)24-22(30-19)25(14-16-4-3-12-28-16)20(26)11-13-29-17-9-7-15(23)8-10-17/h2-10,12H,11,13-14H2,1H3. The van der Waals surface area contributed by atoms with Gasteiger partial charge in [-0.2, -0.15) is 0 Å². The maximum absolute atomic E-state index is 13.1. The average molecular weight is 443 g/mol. The number of carbonyl (C=O) groups is 1. The second kappa shape index (κ2) is 9.32. The predicted octanol–water partition coefficient (Wildman–Crippen LogP) is 5.75. The van der Waals surface area contributed by atoms with E-state index in [9.17, 15) is 9.18 Å². The lowest BCUT2D eigenvalue weighted by atomic mass is 10.3. The number of ether oxygens (including phenoxy) is 1. The summed E-state index contributed by atoms with van der Waals surface area (Å²) in [5.41, 5.74) is 0.734. The van der Waals surface area contributed by atoms with Gasteiger partial charge in [-0.1, -0.05) is 17.4 Å². The smallest absolute Gasteiger partial charge is 0.230 e. The Morgan fingerprint density at radius 1 is 1.20 bits per heavy atom. The van der Waals surface area contributed by atoms with Crippen molar-refractivity contribution in [2.75, 3.05) is 17.8 Å². The van der Waals surface area contributed by atoms with Gasteiger partial charge in [0.2, 0.25) is 5.91 Å². The number of thiazole rings is 1. The number of anilines is 1. The molecule has 0 atom stereocenters. The fourth-order valence-corrected chi connectivity index (χ4v) is 4.78. The Hall–Kier alpha value is -2.84. The molecule has 0 saturated heterocycles. The number of benzene rings is 2. The third kappa shape index (κ3) is 4.66. The molecule has 0 saturated carbocycles. The molecule has 0 aliphatic carbocycles. The first-order chi connectivity index (χ1) is 14.6. The number of fused-ring (bicyclic) bond motifs is 1. The van der Waals surface area contributed by atoms with Crippen LogP contribution in [0.15, 0.2) is 70.2 Å². The number of para-hydroxylation sites is 1. The zero-order valence-corrected chi connectivity index (χ0v) is 17.8. The molecule has 0 bridgehead atoms. The number of rotatable bonds is 8. The summed E-state index contributed by atoms with van der Waals surface area (Å²) in [7, 11) is 1.60. The Balaban J connectivity index is 1.53. The summed E-state index contributed by atoms with van der Waals surface area (Å²) in [6.07, 6.45) is 1.90. The zero-order valence-electron chi connectivity index (χ0n) is 16.2. The normalized spacial score (nSPS) is 11.0. The van der Waals surface area contributed by atoms with Crippen LogP contribution in [-0.2, 0) is 11.3 Å². The van der Waals surface area contributed by atoms with Crippen molar-refractivity contribution < 1.29 is 18.3 Å². The minimum atomic E-state index is -0.272. The van der Waals surface area contributed by atoms with E-state index in [4.69, 9.17) is 9.15 Å². The van der Waals surface area contributed by atoms with Crippen LogP contribution in [0.3, 0.4) is 0 Å². The summed E-state index contributed by atoms with van der Waals surface area (Å²) < 4.78 is 24.9. The number of hydrogen-bond donors (Lipinski definition) is 0. The molecule has 4 rings (SSSR count). The van der Waals surface area contributed by atoms with E-state index >= 15 is 0 Å². The van der Waals surface area contributed by atoms with Crippen molar-refractivity contribution in [2.45, 2.75) is 17.9 Å². The van der Waals surface area contributed by atoms with Crippen LogP contribution in [0.4, 0.5) is 9.52 Å². The van der Waals surface area contributed by atoms with E-state index in [2.05, 4.69) is 4.98 Å². The van der Waals surface area contributed by atoms with Crippen LogP contribution in [0.1, 0.15) is 12.2 Å². The maximum Gasteiger partial charge on any atom is 0.230 e. The number of carbonyl (C=O) groups excluding carboxylic acids is 1. The number of hydrogen-bond acceptors (Lipinski definition) is 6. The van der Waals surface area contributed by atoms with Crippen molar-refractivity contribution in [1.29, 1.82) is 0 Å². The fourth-order valence-electron chi connectivity index (χ4n) is 2.93. The van der Waals surface area contributed by atoms with Gasteiger partial charge in [0.25, 0.3) is 0 Å². The second-order valence-corrected chi connectivity index (χ2v) is 8.59. The summed E-state index contributed by atoms with van der Waals surface area (Å²) in [5, 5.41) is 0.600. The van der Waals surface area contributed by atoms with Crippen molar-refractivity contribution in [1.82, 2.24) is 4.98 Å². The Morgan fingerprint density at radius 2 is 2.03 bits per heavy atom. The van der Waals surface area contributed by atoms with Crippen molar-refractivity contribution >= 4 is 44.4 Å². The lowest BCUT2D eigenvalue weighted by Crippen LogP contribution is -2.30. The SMILES string of the molecule is COc1cccc2sc(N(Cc3ccco3)C(=O)CCSc3ccc(F)cc3)nc12. The molecule has 5 nitrogen and oxygen atoms in total. The van der Waals surface area contributed by atoms with Crippen LogP contribution < -0.4 is 9.64 Å². The third-order valence-corrected chi connectivity index (χ3v) is 6.47. The van der Waals surface area contributed by atoms with Crippen molar-refractivity contribution in [3.63, 3.8) is 0 Å². The molecule has 30 heavy (non-hydrogen) atoms. The first-order valence-electron chi connectivity index (χ1n) is 9.28. The number of aromatic nitrogens is 1. The molecule has 2 aromatic heterocycles. The highest BCUT2D eigenvalue weighted by molar-refractivity contribution is 7.99. The fraction of sp³-hybridized carbons (Fsp3) is 0.182. The molecule has 0 aliphatic heterocycles. The van der Waals surface area contributed by atoms with Gasteiger partial charge in [0.1, 0.15) is 22.8 Å². The van der Waals surface area contributed by atoms with Gasteiger partial charge >= 0.3 is 0 Å². The summed E-state index contributed by atoms with van der Waals surface area (Å²) in [6.45, 7) is 0.301. The largest absolute Gasteiger partial charge is 0.494 e. The molecule has 0 spiro atoms. The molecule has 4 aromatic rings. The molecule has 2 heterocycles. The molecule has 154 valence electrons. The lowest BCUT2D eigenvalue weighted by molar-refractivity contribution is -0.118. The van der Waals surface area contributed by atoms with Gasteiger partial charge in [-0.05, 0) is 48.5 Å².